The number of amides is 2. The standard InChI is InChI=1S/C35H66N2O5Si2/c1-14-28-20-29-22-36(32(38)40-18-19-43(11,12)13)23-35(16-15-17-41-44(25(2)3,26(4)5)27(6)7)24-37(31(28)21-30(29)35)33(39)42-34(8,9)10/h14,25-31H,1,15-24H2,2-13H3/t28?,29-,30-,31+,35-/m1/s1. The van der Waals surface area contributed by atoms with Crippen molar-refractivity contribution in [2.45, 2.75) is 142 Å². The van der Waals surface area contributed by atoms with E-state index in [1.54, 1.807) is 0 Å². The Morgan fingerprint density at radius 3 is 2.09 bits per heavy atom. The summed E-state index contributed by atoms with van der Waals surface area (Å²) < 4.78 is 18.9. The average Bonchev–Trinajstić information content (AvgIpc) is 2.89. The van der Waals surface area contributed by atoms with E-state index in [0.29, 0.717) is 48.2 Å². The van der Waals surface area contributed by atoms with Crippen LogP contribution in [0.15, 0.2) is 12.7 Å². The third kappa shape index (κ3) is 8.33. The van der Waals surface area contributed by atoms with Gasteiger partial charge in [0, 0.05) is 45.8 Å². The van der Waals surface area contributed by atoms with E-state index < -0.39 is 22.0 Å². The highest BCUT2D eigenvalue weighted by Crippen LogP contribution is 2.56. The predicted molar refractivity (Wildman–Crippen MR) is 186 cm³/mol. The van der Waals surface area contributed by atoms with Gasteiger partial charge in [-0.1, -0.05) is 67.3 Å². The van der Waals surface area contributed by atoms with Gasteiger partial charge in [0.2, 0.25) is 0 Å². The number of hydrogen-bond acceptors (Lipinski definition) is 5. The number of likely N-dealkylation sites (tertiary alicyclic amines) is 2. The lowest BCUT2D eigenvalue weighted by atomic mass is 9.54. The number of carbonyl (C=O) groups is 2. The first-order valence-electron chi connectivity index (χ1n) is 17.4. The van der Waals surface area contributed by atoms with Gasteiger partial charge in [0.25, 0.3) is 0 Å². The van der Waals surface area contributed by atoms with Gasteiger partial charge in [0.1, 0.15) is 5.60 Å². The Balaban J connectivity index is 1.91. The molecule has 2 aliphatic heterocycles. The molecule has 0 aromatic carbocycles. The third-order valence-electron chi connectivity index (χ3n) is 10.9. The SMILES string of the molecule is C=CC1C[C@@H]2CN(C(=O)OCC[Si](C)(C)C)C[C@]3(CCCO[Si](C(C)C)(C(C)C)C(C)C)CN(C(=O)OC(C)(C)C)[C@H]1C[C@H]23. The van der Waals surface area contributed by atoms with Crippen molar-refractivity contribution >= 4 is 28.6 Å². The number of fused-ring (bicyclic) bond motifs is 1. The zero-order valence-corrected chi connectivity index (χ0v) is 32.3. The van der Waals surface area contributed by atoms with Gasteiger partial charge in [-0.25, -0.2) is 9.59 Å². The van der Waals surface area contributed by atoms with E-state index in [9.17, 15) is 9.59 Å². The van der Waals surface area contributed by atoms with Crippen LogP contribution in [0.2, 0.25) is 42.3 Å². The Labute approximate surface area is 272 Å². The van der Waals surface area contributed by atoms with Crippen molar-refractivity contribution in [2.75, 3.05) is 32.8 Å². The van der Waals surface area contributed by atoms with Crippen LogP contribution in [0.1, 0.15) is 88.0 Å². The lowest BCUT2D eigenvalue weighted by Crippen LogP contribution is -2.68. The molecule has 9 heteroatoms. The minimum absolute atomic E-state index is 0.0890. The molecule has 1 unspecified atom stereocenters. The van der Waals surface area contributed by atoms with Gasteiger partial charge in [0.15, 0.2) is 8.32 Å². The van der Waals surface area contributed by atoms with Crippen LogP contribution in [0, 0.1) is 23.2 Å². The normalized spacial score (nSPS) is 27.6. The van der Waals surface area contributed by atoms with Crippen molar-refractivity contribution in [3.8, 4) is 0 Å². The van der Waals surface area contributed by atoms with Crippen molar-refractivity contribution in [1.82, 2.24) is 9.80 Å². The predicted octanol–water partition coefficient (Wildman–Crippen LogP) is 9.18. The Hall–Kier alpha value is -1.33. The van der Waals surface area contributed by atoms with Crippen LogP contribution in [0.4, 0.5) is 9.59 Å². The van der Waals surface area contributed by atoms with Crippen molar-refractivity contribution < 1.29 is 23.5 Å². The summed E-state index contributed by atoms with van der Waals surface area (Å²) in [6.45, 7) is 34.0. The molecule has 0 radical (unpaired) electrons. The fourth-order valence-corrected chi connectivity index (χ4v) is 15.3. The summed E-state index contributed by atoms with van der Waals surface area (Å²) >= 11 is 0. The van der Waals surface area contributed by atoms with Crippen molar-refractivity contribution in [3.63, 3.8) is 0 Å². The molecule has 0 aromatic rings. The number of hydrogen-bond donors (Lipinski definition) is 0. The van der Waals surface area contributed by atoms with Crippen LogP contribution in [0.5, 0.6) is 0 Å². The second-order valence-electron chi connectivity index (χ2n) is 17.4. The van der Waals surface area contributed by atoms with E-state index in [1.165, 1.54) is 0 Å². The maximum absolute atomic E-state index is 13.8. The van der Waals surface area contributed by atoms with Gasteiger partial charge >= 0.3 is 12.2 Å². The van der Waals surface area contributed by atoms with Crippen LogP contribution in [0.25, 0.3) is 0 Å². The summed E-state index contributed by atoms with van der Waals surface area (Å²) in [6.07, 6.45) is 5.27. The third-order valence-corrected chi connectivity index (χ3v) is 18.7. The summed E-state index contributed by atoms with van der Waals surface area (Å²) in [5.74, 6) is 0.989. The lowest BCUT2D eigenvalue weighted by Gasteiger charge is -2.62. The number of ether oxygens (including phenoxy) is 2. The van der Waals surface area contributed by atoms with Crippen LogP contribution < -0.4 is 0 Å². The Morgan fingerprint density at radius 2 is 1.57 bits per heavy atom. The highest BCUT2D eigenvalue weighted by molar-refractivity contribution is 6.77. The van der Waals surface area contributed by atoms with E-state index in [-0.39, 0.29) is 29.6 Å². The van der Waals surface area contributed by atoms with Gasteiger partial charge < -0.3 is 23.7 Å². The molecular weight excluding hydrogens is 585 g/mol. The maximum atomic E-state index is 13.8. The molecule has 2 saturated heterocycles. The van der Waals surface area contributed by atoms with Gasteiger partial charge in [-0.2, -0.15) is 0 Å². The lowest BCUT2D eigenvalue weighted by molar-refractivity contribution is -0.128. The molecule has 0 aromatic heterocycles. The Morgan fingerprint density at radius 1 is 0.955 bits per heavy atom. The quantitative estimate of drug-likeness (QED) is 0.120. The molecule has 2 heterocycles. The molecule has 2 bridgehead atoms. The van der Waals surface area contributed by atoms with E-state index in [1.807, 2.05) is 36.6 Å². The molecule has 1 saturated carbocycles. The highest BCUT2D eigenvalue weighted by Gasteiger charge is 2.59. The van der Waals surface area contributed by atoms with Gasteiger partial charge in [0.05, 0.1) is 6.61 Å². The molecule has 2 amide bonds. The molecule has 44 heavy (non-hydrogen) atoms. The monoisotopic (exact) mass is 650 g/mol. The van der Waals surface area contributed by atoms with E-state index in [0.717, 1.165) is 44.9 Å². The van der Waals surface area contributed by atoms with Gasteiger partial charge in [-0.15, -0.1) is 6.58 Å². The minimum Gasteiger partial charge on any atom is -0.450 e. The number of nitrogens with zero attached hydrogens (tertiary/aromatic N) is 2. The molecule has 1 aliphatic carbocycles. The second kappa shape index (κ2) is 14.2. The molecule has 7 nitrogen and oxygen atoms in total. The van der Waals surface area contributed by atoms with E-state index in [2.05, 4.69) is 67.8 Å². The summed E-state index contributed by atoms with van der Waals surface area (Å²) in [6, 6.07) is 1.05. The fraction of sp³-hybridized carbons (Fsp3) is 0.886. The molecular formula is C35H66N2O5Si2. The van der Waals surface area contributed by atoms with Crippen LogP contribution in [-0.4, -0.2) is 82.9 Å². The zero-order valence-electron chi connectivity index (χ0n) is 30.3. The second-order valence-corrected chi connectivity index (χ2v) is 28.4. The first kappa shape index (κ1) is 37.1. The summed E-state index contributed by atoms with van der Waals surface area (Å²) in [5, 5.41) is 0. The molecule has 254 valence electrons. The first-order valence-corrected chi connectivity index (χ1v) is 23.3. The molecule has 0 spiro atoms. The van der Waals surface area contributed by atoms with Crippen LogP contribution in [-0.2, 0) is 13.9 Å². The zero-order chi connectivity index (χ0) is 33.3. The fourth-order valence-electron chi connectivity index (χ4n) is 9.04. The molecule has 5 atom stereocenters. The Kier molecular flexibility index (Phi) is 12.0. The average molecular weight is 651 g/mol. The summed E-state index contributed by atoms with van der Waals surface area (Å²) in [4.78, 5) is 31.3. The summed E-state index contributed by atoms with van der Waals surface area (Å²) in [5.41, 5.74) is 0.810. The number of piperidine rings is 2. The van der Waals surface area contributed by atoms with Crippen molar-refractivity contribution in [2.24, 2.45) is 23.2 Å². The Bertz CT molecular complexity index is 982. The number of carbonyl (C=O) groups excluding carboxylic acids is 2. The smallest absolute Gasteiger partial charge is 0.410 e. The maximum Gasteiger partial charge on any atom is 0.410 e. The molecule has 3 aliphatic rings. The molecule has 0 N–H and O–H groups in total. The van der Waals surface area contributed by atoms with Crippen molar-refractivity contribution in [3.05, 3.63) is 12.7 Å². The van der Waals surface area contributed by atoms with Crippen molar-refractivity contribution in [1.29, 1.82) is 0 Å². The van der Waals surface area contributed by atoms with Gasteiger partial charge in [-0.3, -0.25) is 0 Å². The van der Waals surface area contributed by atoms with Crippen LogP contribution in [0.3, 0.4) is 0 Å². The minimum atomic E-state index is -1.98. The van der Waals surface area contributed by atoms with E-state index >= 15 is 0 Å². The highest BCUT2D eigenvalue weighted by atomic mass is 28.4. The van der Waals surface area contributed by atoms with Gasteiger partial charge in [-0.05, 0) is 86.9 Å². The molecule has 3 rings (SSSR count). The number of rotatable bonds is 12. The molecule has 3 fully saturated rings. The van der Waals surface area contributed by atoms with Crippen LogP contribution >= 0.6 is 0 Å². The largest absolute Gasteiger partial charge is 0.450 e. The summed E-state index contributed by atoms with van der Waals surface area (Å²) in [7, 11) is -3.31. The van der Waals surface area contributed by atoms with E-state index in [4.69, 9.17) is 13.9 Å². The topological polar surface area (TPSA) is 68.3 Å². The first-order chi connectivity index (χ1) is 20.3.